The Labute approximate surface area is 154 Å². The smallest absolute Gasteiger partial charge is 0.240 e. The van der Waals surface area contributed by atoms with Gasteiger partial charge in [-0.05, 0) is 55.3 Å². The number of rotatable bonds is 4. The van der Waals surface area contributed by atoms with Gasteiger partial charge in [-0.3, -0.25) is 9.59 Å². The number of hydrogen-bond acceptors (Lipinski definition) is 2. The first-order valence-corrected chi connectivity index (χ1v) is 8.37. The van der Waals surface area contributed by atoms with Crippen molar-refractivity contribution < 1.29 is 9.59 Å². The SMILES string of the molecule is O=C(Nc1ccc(Cl)cc1)C1(C(=O)Nc2cc(Cl)cc(Cl)c2)CC1. The molecule has 0 spiro atoms. The molecule has 0 atom stereocenters. The highest BCUT2D eigenvalue weighted by molar-refractivity contribution is 6.35. The first kappa shape index (κ1) is 17.1. The van der Waals surface area contributed by atoms with Gasteiger partial charge in [-0.2, -0.15) is 0 Å². The van der Waals surface area contributed by atoms with Gasteiger partial charge in [0.1, 0.15) is 5.41 Å². The maximum Gasteiger partial charge on any atom is 0.240 e. The molecule has 0 bridgehead atoms. The predicted molar refractivity (Wildman–Crippen MR) is 96.8 cm³/mol. The molecule has 1 aliphatic rings. The van der Waals surface area contributed by atoms with E-state index in [0.29, 0.717) is 39.3 Å². The van der Waals surface area contributed by atoms with Gasteiger partial charge in [-0.1, -0.05) is 34.8 Å². The van der Waals surface area contributed by atoms with Crippen molar-refractivity contribution in [2.75, 3.05) is 10.6 Å². The summed E-state index contributed by atoms with van der Waals surface area (Å²) in [4.78, 5) is 25.0. The molecule has 0 radical (unpaired) electrons. The van der Waals surface area contributed by atoms with Crippen LogP contribution in [0.15, 0.2) is 42.5 Å². The van der Waals surface area contributed by atoms with E-state index < -0.39 is 5.41 Å². The summed E-state index contributed by atoms with van der Waals surface area (Å²) in [7, 11) is 0. The van der Waals surface area contributed by atoms with Crippen LogP contribution in [0.5, 0.6) is 0 Å². The third-order valence-corrected chi connectivity index (χ3v) is 4.53. The number of benzene rings is 2. The molecule has 4 nitrogen and oxygen atoms in total. The molecule has 2 N–H and O–H groups in total. The Morgan fingerprint density at radius 1 is 0.750 bits per heavy atom. The van der Waals surface area contributed by atoms with Gasteiger partial charge in [0.25, 0.3) is 0 Å². The lowest BCUT2D eigenvalue weighted by Gasteiger charge is -2.16. The van der Waals surface area contributed by atoms with E-state index in [4.69, 9.17) is 34.8 Å². The van der Waals surface area contributed by atoms with E-state index in [1.165, 1.54) is 0 Å². The Bertz CT molecular complexity index is 782. The van der Waals surface area contributed by atoms with Crippen LogP contribution in [0.1, 0.15) is 12.8 Å². The molecule has 0 aliphatic heterocycles. The van der Waals surface area contributed by atoms with E-state index in [9.17, 15) is 9.59 Å². The second-order valence-corrected chi connectivity index (χ2v) is 6.96. The Kier molecular flexibility index (Phi) is 4.72. The number of hydrogen-bond donors (Lipinski definition) is 2. The summed E-state index contributed by atoms with van der Waals surface area (Å²) >= 11 is 17.7. The van der Waals surface area contributed by atoms with Crippen LogP contribution in [0.2, 0.25) is 15.1 Å². The predicted octanol–water partition coefficient (Wildman–Crippen LogP) is 5.00. The molecule has 2 amide bonds. The Morgan fingerprint density at radius 3 is 1.75 bits per heavy atom. The molecule has 124 valence electrons. The average molecular weight is 384 g/mol. The molecule has 0 aromatic heterocycles. The van der Waals surface area contributed by atoms with Gasteiger partial charge >= 0.3 is 0 Å². The fourth-order valence-corrected chi connectivity index (χ4v) is 2.99. The van der Waals surface area contributed by atoms with Crippen LogP contribution >= 0.6 is 34.8 Å². The molecule has 2 aromatic carbocycles. The number of amides is 2. The first-order chi connectivity index (χ1) is 11.4. The lowest BCUT2D eigenvalue weighted by atomic mass is 10.0. The molecule has 3 rings (SSSR count). The largest absolute Gasteiger partial charge is 0.325 e. The normalized spacial score (nSPS) is 14.8. The first-order valence-electron chi connectivity index (χ1n) is 7.24. The van der Waals surface area contributed by atoms with Crippen LogP contribution in [-0.2, 0) is 9.59 Å². The van der Waals surface area contributed by atoms with Crippen LogP contribution in [0.4, 0.5) is 11.4 Å². The zero-order chi connectivity index (χ0) is 17.3. The molecule has 1 aliphatic carbocycles. The molecule has 0 unspecified atom stereocenters. The summed E-state index contributed by atoms with van der Waals surface area (Å²) in [6, 6.07) is 11.4. The van der Waals surface area contributed by atoms with Crippen LogP contribution < -0.4 is 10.6 Å². The standard InChI is InChI=1S/C17H13Cl3N2O2/c18-10-1-3-13(4-2-10)21-15(23)17(5-6-17)16(24)22-14-8-11(19)7-12(20)9-14/h1-4,7-9H,5-6H2,(H,21,23)(H,22,24). The lowest BCUT2D eigenvalue weighted by Crippen LogP contribution is -2.35. The van der Waals surface area contributed by atoms with Crippen LogP contribution in [0.3, 0.4) is 0 Å². The minimum Gasteiger partial charge on any atom is -0.325 e. The van der Waals surface area contributed by atoms with Crippen molar-refractivity contribution in [3.05, 3.63) is 57.5 Å². The molecule has 1 saturated carbocycles. The minimum atomic E-state index is -1.06. The molecule has 1 fully saturated rings. The third kappa shape index (κ3) is 3.66. The summed E-state index contributed by atoms with van der Waals surface area (Å²) in [6.07, 6.45) is 0.985. The van der Waals surface area contributed by atoms with Gasteiger partial charge in [0.15, 0.2) is 0 Å². The van der Waals surface area contributed by atoms with Crippen molar-refractivity contribution in [1.29, 1.82) is 0 Å². The molecule has 2 aromatic rings. The quantitative estimate of drug-likeness (QED) is 0.730. The molecule has 7 heteroatoms. The highest BCUT2D eigenvalue weighted by Gasteiger charge is 2.56. The second-order valence-electron chi connectivity index (χ2n) is 5.66. The number of nitrogens with one attached hydrogen (secondary N) is 2. The second kappa shape index (κ2) is 6.63. The summed E-state index contributed by atoms with van der Waals surface area (Å²) in [6.45, 7) is 0. The van der Waals surface area contributed by atoms with Gasteiger partial charge in [0.05, 0.1) is 0 Å². The zero-order valence-corrected chi connectivity index (χ0v) is 14.7. The van der Waals surface area contributed by atoms with Crippen molar-refractivity contribution in [2.45, 2.75) is 12.8 Å². The van der Waals surface area contributed by atoms with Crippen molar-refractivity contribution in [2.24, 2.45) is 5.41 Å². The number of halogens is 3. The maximum atomic E-state index is 12.5. The van der Waals surface area contributed by atoms with Crippen molar-refractivity contribution in [1.82, 2.24) is 0 Å². The summed E-state index contributed by atoms with van der Waals surface area (Å²) in [5.41, 5.74) is -0.00799. The maximum absolute atomic E-state index is 12.5. The molecular weight excluding hydrogens is 371 g/mol. The number of carbonyl (C=O) groups is 2. The molecule has 0 heterocycles. The fourth-order valence-electron chi connectivity index (χ4n) is 2.34. The highest BCUT2D eigenvalue weighted by Crippen LogP contribution is 2.47. The van der Waals surface area contributed by atoms with Crippen LogP contribution in [-0.4, -0.2) is 11.8 Å². The van der Waals surface area contributed by atoms with Gasteiger partial charge in [-0.15, -0.1) is 0 Å². The fraction of sp³-hybridized carbons (Fsp3) is 0.176. The number of carbonyl (C=O) groups excluding carboxylic acids is 2. The van der Waals surface area contributed by atoms with Crippen molar-refractivity contribution in [3.8, 4) is 0 Å². The average Bonchev–Trinajstić information content (AvgIpc) is 3.30. The Morgan fingerprint density at radius 2 is 1.25 bits per heavy atom. The van der Waals surface area contributed by atoms with Gasteiger partial charge in [-0.25, -0.2) is 0 Å². The summed E-state index contributed by atoms with van der Waals surface area (Å²) in [5, 5.41) is 6.86. The molecule has 0 saturated heterocycles. The van der Waals surface area contributed by atoms with E-state index >= 15 is 0 Å². The van der Waals surface area contributed by atoms with Crippen LogP contribution in [0, 0.1) is 5.41 Å². The summed E-state index contributed by atoms with van der Waals surface area (Å²) in [5.74, 6) is -0.706. The molecule has 24 heavy (non-hydrogen) atoms. The third-order valence-electron chi connectivity index (χ3n) is 3.84. The van der Waals surface area contributed by atoms with Crippen LogP contribution in [0.25, 0.3) is 0 Å². The van der Waals surface area contributed by atoms with E-state index in [0.717, 1.165) is 0 Å². The zero-order valence-electron chi connectivity index (χ0n) is 12.4. The molecular formula is C17H13Cl3N2O2. The van der Waals surface area contributed by atoms with Crippen molar-refractivity contribution >= 4 is 58.0 Å². The highest BCUT2D eigenvalue weighted by atomic mass is 35.5. The monoisotopic (exact) mass is 382 g/mol. The van der Waals surface area contributed by atoms with E-state index in [1.54, 1.807) is 42.5 Å². The van der Waals surface area contributed by atoms with E-state index in [-0.39, 0.29) is 11.8 Å². The lowest BCUT2D eigenvalue weighted by molar-refractivity contribution is -0.131. The van der Waals surface area contributed by atoms with Crippen molar-refractivity contribution in [3.63, 3.8) is 0 Å². The summed E-state index contributed by atoms with van der Waals surface area (Å²) < 4.78 is 0. The van der Waals surface area contributed by atoms with E-state index in [2.05, 4.69) is 10.6 Å². The minimum absolute atomic E-state index is 0.338. The van der Waals surface area contributed by atoms with Gasteiger partial charge < -0.3 is 10.6 Å². The Balaban J connectivity index is 1.71. The Hall–Kier alpha value is -1.75. The van der Waals surface area contributed by atoms with Gasteiger partial charge in [0, 0.05) is 26.4 Å². The number of anilines is 2. The topological polar surface area (TPSA) is 58.2 Å². The van der Waals surface area contributed by atoms with E-state index in [1.807, 2.05) is 0 Å². The van der Waals surface area contributed by atoms with Gasteiger partial charge in [0.2, 0.25) is 11.8 Å².